The van der Waals surface area contributed by atoms with E-state index in [0.717, 1.165) is 12.1 Å². The number of hydrazone groups is 1. The number of amides is 1. The van der Waals surface area contributed by atoms with Gasteiger partial charge in [0.15, 0.2) is 12.4 Å². The second kappa shape index (κ2) is 8.93. The SMILES string of the molecule is CC1CC(C)(C)N(C)c2cc(Cl)c(/C=N\NC(=O)COc3ccccc3[N+](=O)[O-])cc21. The number of rotatable bonds is 6. The smallest absolute Gasteiger partial charge is 0.310 e. The minimum absolute atomic E-state index is 0.0189. The number of halogens is 1. The van der Waals surface area contributed by atoms with Crippen LogP contribution in [-0.2, 0) is 4.79 Å². The fraction of sp³-hybridized carbons (Fsp3) is 0.364. The molecular formula is C22H25ClN4O4. The fourth-order valence-electron chi connectivity index (χ4n) is 3.78. The van der Waals surface area contributed by atoms with Crippen LogP contribution in [0.4, 0.5) is 11.4 Å². The van der Waals surface area contributed by atoms with E-state index in [9.17, 15) is 14.9 Å². The number of hydrogen-bond acceptors (Lipinski definition) is 6. The molecule has 0 fully saturated rings. The van der Waals surface area contributed by atoms with Crippen LogP contribution in [0.3, 0.4) is 0 Å². The zero-order valence-electron chi connectivity index (χ0n) is 17.9. The van der Waals surface area contributed by atoms with Gasteiger partial charge in [0.25, 0.3) is 5.91 Å². The Balaban J connectivity index is 1.66. The molecule has 1 N–H and O–H groups in total. The highest BCUT2D eigenvalue weighted by atomic mass is 35.5. The lowest BCUT2D eigenvalue weighted by atomic mass is 9.80. The van der Waals surface area contributed by atoms with Crippen molar-refractivity contribution in [1.29, 1.82) is 0 Å². The number of fused-ring (bicyclic) bond motifs is 1. The van der Waals surface area contributed by atoms with E-state index in [2.05, 4.69) is 43.2 Å². The van der Waals surface area contributed by atoms with Gasteiger partial charge in [0.05, 0.1) is 16.2 Å². The maximum atomic E-state index is 12.0. The van der Waals surface area contributed by atoms with Gasteiger partial charge in [-0.25, -0.2) is 5.43 Å². The van der Waals surface area contributed by atoms with Crippen molar-refractivity contribution in [1.82, 2.24) is 5.43 Å². The van der Waals surface area contributed by atoms with Crippen LogP contribution >= 0.6 is 11.6 Å². The van der Waals surface area contributed by atoms with Crippen molar-refractivity contribution >= 4 is 35.1 Å². The van der Waals surface area contributed by atoms with E-state index < -0.39 is 17.4 Å². The van der Waals surface area contributed by atoms with Crippen LogP contribution in [0.1, 0.15) is 44.2 Å². The molecule has 31 heavy (non-hydrogen) atoms. The number of nitro benzene ring substituents is 1. The van der Waals surface area contributed by atoms with E-state index in [0.29, 0.717) is 16.5 Å². The zero-order chi connectivity index (χ0) is 22.8. The summed E-state index contributed by atoms with van der Waals surface area (Å²) in [6.07, 6.45) is 2.49. The third-order valence-electron chi connectivity index (χ3n) is 5.57. The van der Waals surface area contributed by atoms with E-state index in [-0.39, 0.29) is 17.0 Å². The number of ether oxygens (including phenoxy) is 1. The van der Waals surface area contributed by atoms with Gasteiger partial charge in [-0.2, -0.15) is 5.10 Å². The van der Waals surface area contributed by atoms with Crippen LogP contribution < -0.4 is 15.1 Å². The molecule has 9 heteroatoms. The Hall–Kier alpha value is -3.13. The summed E-state index contributed by atoms with van der Waals surface area (Å²) < 4.78 is 5.25. The number of anilines is 1. The lowest BCUT2D eigenvalue weighted by Crippen LogP contribution is -2.45. The first kappa shape index (κ1) is 22.6. The summed E-state index contributed by atoms with van der Waals surface area (Å²) in [5, 5.41) is 15.5. The van der Waals surface area contributed by atoms with Gasteiger partial charge >= 0.3 is 5.69 Å². The van der Waals surface area contributed by atoms with Gasteiger partial charge in [-0.15, -0.1) is 0 Å². The largest absolute Gasteiger partial charge is 0.477 e. The topological polar surface area (TPSA) is 97.1 Å². The van der Waals surface area contributed by atoms with Gasteiger partial charge in [-0.3, -0.25) is 14.9 Å². The molecule has 0 spiro atoms. The Kier molecular flexibility index (Phi) is 6.50. The van der Waals surface area contributed by atoms with Crippen LogP contribution in [0.25, 0.3) is 0 Å². The Labute approximate surface area is 186 Å². The quantitative estimate of drug-likeness (QED) is 0.402. The van der Waals surface area contributed by atoms with E-state index in [1.54, 1.807) is 6.07 Å². The van der Waals surface area contributed by atoms with Gasteiger partial charge in [-0.1, -0.05) is 30.7 Å². The molecule has 0 saturated carbocycles. The standard InChI is InChI=1S/C22H25ClN4O4/c1-14-11-22(2,3)26(4)19-10-17(23)15(9-16(14)19)12-24-25-21(28)13-31-20-8-6-5-7-18(20)27(29)30/h5-10,12,14H,11,13H2,1-4H3,(H,25,28)/b24-12-. The van der Waals surface area contributed by atoms with Crippen molar-refractivity contribution < 1.29 is 14.5 Å². The summed E-state index contributed by atoms with van der Waals surface area (Å²) in [5.41, 5.74) is 5.15. The molecule has 3 rings (SSSR count). The molecule has 0 aliphatic carbocycles. The van der Waals surface area contributed by atoms with E-state index in [1.807, 2.05) is 12.1 Å². The summed E-state index contributed by atoms with van der Waals surface area (Å²) in [6.45, 7) is 6.19. The summed E-state index contributed by atoms with van der Waals surface area (Å²) in [6, 6.07) is 9.78. The minimum atomic E-state index is -0.566. The Morgan fingerprint density at radius 2 is 2.13 bits per heavy atom. The van der Waals surface area contributed by atoms with Crippen molar-refractivity contribution in [3.63, 3.8) is 0 Å². The van der Waals surface area contributed by atoms with Gasteiger partial charge in [0.1, 0.15) is 0 Å². The van der Waals surface area contributed by atoms with Crippen molar-refractivity contribution in [2.45, 2.75) is 38.6 Å². The summed E-state index contributed by atoms with van der Waals surface area (Å²) in [7, 11) is 2.06. The van der Waals surface area contributed by atoms with Crippen LogP contribution in [0, 0.1) is 10.1 Å². The Morgan fingerprint density at radius 1 is 1.42 bits per heavy atom. The molecule has 0 aromatic heterocycles. The molecule has 1 heterocycles. The lowest BCUT2D eigenvalue weighted by Gasteiger charge is -2.45. The highest BCUT2D eigenvalue weighted by Crippen LogP contribution is 2.44. The first-order chi connectivity index (χ1) is 14.6. The van der Waals surface area contributed by atoms with Gasteiger partial charge in [0.2, 0.25) is 0 Å². The van der Waals surface area contributed by atoms with Gasteiger partial charge < -0.3 is 9.64 Å². The molecule has 2 aromatic rings. The first-order valence-electron chi connectivity index (χ1n) is 9.85. The fourth-order valence-corrected chi connectivity index (χ4v) is 3.99. The maximum Gasteiger partial charge on any atom is 0.310 e. The predicted molar refractivity (Wildman–Crippen MR) is 121 cm³/mol. The number of nitrogens with zero attached hydrogens (tertiary/aromatic N) is 3. The van der Waals surface area contributed by atoms with Crippen LogP contribution in [-0.4, -0.2) is 36.2 Å². The lowest BCUT2D eigenvalue weighted by molar-refractivity contribution is -0.385. The third kappa shape index (κ3) is 4.96. The second-order valence-corrected chi connectivity index (χ2v) is 8.62. The normalized spacial score (nSPS) is 17.3. The second-order valence-electron chi connectivity index (χ2n) is 8.22. The number of carbonyl (C=O) groups is 1. The minimum Gasteiger partial charge on any atom is -0.477 e. The molecule has 0 saturated heterocycles. The molecule has 164 valence electrons. The highest BCUT2D eigenvalue weighted by Gasteiger charge is 2.34. The first-order valence-corrected chi connectivity index (χ1v) is 10.2. The third-order valence-corrected chi connectivity index (χ3v) is 5.89. The number of para-hydroxylation sites is 2. The van der Waals surface area contributed by atoms with Crippen LogP contribution in [0.5, 0.6) is 5.75 Å². The number of hydrogen-bond donors (Lipinski definition) is 1. The average molecular weight is 445 g/mol. The molecule has 0 bridgehead atoms. The molecule has 1 aliphatic heterocycles. The van der Waals surface area contributed by atoms with Crippen molar-refractivity contribution in [2.24, 2.45) is 5.10 Å². The molecular weight excluding hydrogens is 420 g/mol. The molecule has 8 nitrogen and oxygen atoms in total. The van der Waals surface area contributed by atoms with E-state index >= 15 is 0 Å². The molecule has 1 unspecified atom stereocenters. The predicted octanol–water partition coefficient (Wildman–Crippen LogP) is 4.50. The highest BCUT2D eigenvalue weighted by molar-refractivity contribution is 6.33. The molecule has 1 aliphatic rings. The average Bonchev–Trinajstić information content (AvgIpc) is 2.71. The zero-order valence-corrected chi connectivity index (χ0v) is 18.6. The number of nitrogens with one attached hydrogen (secondary N) is 1. The molecule has 2 aromatic carbocycles. The Morgan fingerprint density at radius 3 is 2.84 bits per heavy atom. The number of benzene rings is 2. The number of nitro groups is 1. The van der Waals surface area contributed by atoms with Crippen LogP contribution in [0.2, 0.25) is 5.02 Å². The van der Waals surface area contributed by atoms with Crippen molar-refractivity contribution in [3.8, 4) is 5.75 Å². The van der Waals surface area contributed by atoms with Crippen molar-refractivity contribution in [3.05, 3.63) is 62.7 Å². The molecule has 1 atom stereocenters. The molecule has 1 amide bonds. The summed E-state index contributed by atoms with van der Waals surface area (Å²) in [5.74, 6) is -0.168. The van der Waals surface area contributed by atoms with Gasteiger partial charge in [0, 0.05) is 29.9 Å². The van der Waals surface area contributed by atoms with E-state index in [4.69, 9.17) is 16.3 Å². The van der Waals surface area contributed by atoms with Gasteiger partial charge in [-0.05, 0) is 49.9 Å². The monoisotopic (exact) mass is 444 g/mol. The number of carbonyl (C=O) groups excluding carboxylic acids is 1. The summed E-state index contributed by atoms with van der Waals surface area (Å²) >= 11 is 6.45. The van der Waals surface area contributed by atoms with E-state index in [1.165, 1.54) is 30.0 Å². The maximum absolute atomic E-state index is 12.0. The summed E-state index contributed by atoms with van der Waals surface area (Å²) in [4.78, 5) is 24.7. The molecule has 0 radical (unpaired) electrons. The Bertz CT molecular complexity index is 1040. The van der Waals surface area contributed by atoms with Crippen molar-refractivity contribution in [2.75, 3.05) is 18.6 Å². The van der Waals surface area contributed by atoms with Crippen LogP contribution in [0.15, 0.2) is 41.5 Å².